The first kappa shape index (κ1) is 19.7. The SMILES string of the molecule is CCc1cc(Cl)cc(CC)c1N=C=Nc1c(CC)cc(Cl)cc1CC. The highest BCUT2D eigenvalue weighted by Gasteiger charge is 2.09. The quantitative estimate of drug-likeness (QED) is 0.471. The smallest absolute Gasteiger partial charge is 0.101 e. The van der Waals surface area contributed by atoms with Crippen molar-refractivity contribution in [1.29, 1.82) is 0 Å². The Morgan fingerprint density at radius 2 is 0.920 bits per heavy atom. The molecular formula is C21H24Cl2N2. The predicted octanol–water partition coefficient (Wildman–Crippen LogP) is 7.38. The second-order valence-electron chi connectivity index (χ2n) is 5.88. The Hall–Kier alpha value is -1.60. The van der Waals surface area contributed by atoms with E-state index in [1.807, 2.05) is 24.3 Å². The molecule has 0 aliphatic rings. The van der Waals surface area contributed by atoms with E-state index in [2.05, 4.69) is 43.7 Å². The second-order valence-corrected chi connectivity index (χ2v) is 6.76. The number of hydrogen-bond donors (Lipinski definition) is 0. The van der Waals surface area contributed by atoms with Gasteiger partial charge in [-0.2, -0.15) is 9.98 Å². The first-order valence-electron chi connectivity index (χ1n) is 8.82. The van der Waals surface area contributed by atoms with Crippen LogP contribution in [0.25, 0.3) is 0 Å². The molecular weight excluding hydrogens is 351 g/mol. The minimum atomic E-state index is 0.754. The van der Waals surface area contributed by atoms with Crippen molar-refractivity contribution in [3.8, 4) is 0 Å². The van der Waals surface area contributed by atoms with Gasteiger partial charge in [0.1, 0.15) is 6.01 Å². The molecule has 0 spiro atoms. The van der Waals surface area contributed by atoms with Crippen LogP contribution in [0.1, 0.15) is 49.9 Å². The third-order valence-electron chi connectivity index (χ3n) is 4.31. The van der Waals surface area contributed by atoms with Gasteiger partial charge < -0.3 is 0 Å². The molecule has 0 aliphatic carbocycles. The number of nitrogens with zero attached hydrogens (tertiary/aromatic N) is 2. The van der Waals surface area contributed by atoms with Gasteiger partial charge in [-0.25, -0.2) is 0 Å². The summed E-state index contributed by atoms with van der Waals surface area (Å²) in [6.07, 6.45) is 3.48. The van der Waals surface area contributed by atoms with Gasteiger partial charge in [0, 0.05) is 10.0 Å². The van der Waals surface area contributed by atoms with Crippen molar-refractivity contribution in [2.24, 2.45) is 9.98 Å². The minimum Gasteiger partial charge on any atom is -0.187 e. The van der Waals surface area contributed by atoms with Gasteiger partial charge in [0.2, 0.25) is 0 Å². The zero-order chi connectivity index (χ0) is 18.4. The Morgan fingerprint density at radius 1 is 0.640 bits per heavy atom. The summed E-state index contributed by atoms with van der Waals surface area (Å²) in [4.78, 5) is 9.10. The van der Waals surface area contributed by atoms with E-state index in [1.165, 1.54) is 0 Å². The maximum atomic E-state index is 6.21. The summed E-state index contributed by atoms with van der Waals surface area (Å²) in [6.45, 7) is 8.41. The summed E-state index contributed by atoms with van der Waals surface area (Å²) in [6, 6.07) is 10.8. The zero-order valence-corrected chi connectivity index (χ0v) is 16.8. The molecule has 2 nitrogen and oxygen atoms in total. The second kappa shape index (κ2) is 9.20. The molecule has 0 saturated carbocycles. The lowest BCUT2D eigenvalue weighted by molar-refractivity contribution is 1.08. The lowest BCUT2D eigenvalue weighted by atomic mass is 10.0. The van der Waals surface area contributed by atoms with Gasteiger partial charge in [-0.15, -0.1) is 0 Å². The maximum absolute atomic E-state index is 6.21. The molecule has 0 fully saturated rings. The van der Waals surface area contributed by atoms with Crippen molar-refractivity contribution in [2.75, 3.05) is 0 Å². The molecule has 0 amide bonds. The number of rotatable bonds is 6. The van der Waals surface area contributed by atoms with Crippen LogP contribution < -0.4 is 0 Å². The van der Waals surface area contributed by atoms with Gasteiger partial charge >= 0.3 is 0 Å². The van der Waals surface area contributed by atoms with E-state index in [9.17, 15) is 0 Å². The van der Waals surface area contributed by atoms with Crippen LogP contribution >= 0.6 is 23.2 Å². The first-order chi connectivity index (χ1) is 12.0. The molecule has 2 rings (SSSR count). The van der Waals surface area contributed by atoms with Crippen LogP contribution in [-0.4, -0.2) is 6.01 Å². The van der Waals surface area contributed by atoms with Crippen LogP contribution in [-0.2, 0) is 25.7 Å². The Kier molecular flexibility index (Phi) is 7.25. The summed E-state index contributed by atoms with van der Waals surface area (Å²) in [5.41, 5.74) is 6.35. The van der Waals surface area contributed by atoms with Crippen molar-refractivity contribution in [3.05, 3.63) is 56.6 Å². The maximum Gasteiger partial charge on any atom is 0.101 e. The highest BCUT2D eigenvalue weighted by atomic mass is 35.5. The summed E-state index contributed by atoms with van der Waals surface area (Å²) < 4.78 is 0. The molecule has 2 aromatic carbocycles. The lowest BCUT2D eigenvalue weighted by Gasteiger charge is -2.09. The third-order valence-corrected chi connectivity index (χ3v) is 4.75. The van der Waals surface area contributed by atoms with Crippen molar-refractivity contribution in [1.82, 2.24) is 0 Å². The van der Waals surface area contributed by atoms with Crippen LogP contribution in [0.15, 0.2) is 34.3 Å². The highest BCUT2D eigenvalue weighted by Crippen LogP contribution is 2.31. The summed E-state index contributed by atoms with van der Waals surface area (Å²) in [5, 5.41) is 1.51. The average Bonchev–Trinajstić information content (AvgIpc) is 2.62. The van der Waals surface area contributed by atoms with E-state index in [4.69, 9.17) is 23.2 Å². The molecule has 25 heavy (non-hydrogen) atoms. The van der Waals surface area contributed by atoms with Crippen LogP contribution in [0.3, 0.4) is 0 Å². The van der Waals surface area contributed by atoms with Crippen molar-refractivity contribution >= 4 is 40.6 Å². The molecule has 0 atom stereocenters. The highest BCUT2D eigenvalue weighted by molar-refractivity contribution is 6.31. The molecule has 2 aromatic rings. The first-order valence-corrected chi connectivity index (χ1v) is 9.58. The molecule has 0 N–H and O–H groups in total. The molecule has 0 aliphatic heterocycles. The molecule has 0 radical (unpaired) electrons. The summed E-state index contributed by atoms with van der Waals surface area (Å²) in [5.74, 6) is 0. The van der Waals surface area contributed by atoms with Crippen LogP contribution in [0.4, 0.5) is 11.4 Å². The number of halogens is 2. The molecule has 0 heterocycles. The largest absolute Gasteiger partial charge is 0.187 e. The van der Waals surface area contributed by atoms with Gasteiger partial charge in [-0.1, -0.05) is 50.9 Å². The van der Waals surface area contributed by atoms with E-state index < -0.39 is 0 Å². The predicted molar refractivity (Wildman–Crippen MR) is 110 cm³/mol. The molecule has 132 valence electrons. The van der Waals surface area contributed by atoms with Gasteiger partial charge in [-0.05, 0) is 72.2 Å². The Morgan fingerprint density at radius 3 is 1.16 bits per heavy atom. The fourth-order valence-electron chi connectivity index (χ4n) is 2.93. The van der Waals surface area contributed by atoms with Crippen LogP contribution in [0, 0.1) is 0 Å². The van der Waals surface area contributed by atoms with Gasteiger partial charge in [0.05, 0.1) is 11.4 Å². The van der Waals surface area contributed by atoms with E-state index in [1.54, 1.807) is 0 Å². The minimum absolute atomic E-state index is 0.754. The van der Waals surface area contributed by atoms with Gasteiger partial charge in [0.25, 0.3) is 0 Å². The van der Waals surface area contributed by atoms with Crippen molar-refractivity contribution in [2.45, 2.75) is 53.4 Å². The van der Waals surface area contributed by atoms with Gasteiger partial charge in [-0.3, -0.25) is 0 Å². The standard InChI is InChI=1S/C21H24Cl2N2/c1-5-14-9-18(22)10-15(6-2)20(14)24-13-25-21-16(7-3)11-19(23)12-17(21)8-4/h9-12H,5-8H2,1-4H3. The summed E-state index contributed by atoms with van der Waals surface area (Å²) in [7, 11) is 0. The van der Waals surface area contributed by atoms with E-state index in [0.29, 0.717) is 0 Å². The van der Waals surface area contributed by atoms with E-state index in [-0.39, 0.29) is 0 Å². The fraction of sp³-hybridized carbons (Fsp3) is 0.381. The Balaban J connectivity index is 2.54. The number of aryl methyl sites for hydroxylation is 4. The molecule has 0 unspecified atom stereocenters. The molecule has 0 aromatic heterocycles. The molecule has 0 bridgehead atoms. The number of aliphatic imine (C=N–C) groups is 2. The normalized spacial score (nSPS) is 10.5. The Bertz CT molecular complexity index is 703. The molecule has 0 saturated heterocycles. The van der Waals surface area contributed by atoms with Crippen LogP contribution in [0.5, 0.6) is 0 Å². The van der Waals surface area contributed by atoms with Crippen molar-refractivity contribution in [3.63, 3.8) is 0 Å². The number of hydrogen-bond acceptors (Lipinski definition) is 2. The van der Waals surface area contributed by atoms with Crippen LogP contribution in [0.2, 0.25) is 10.0 Å². The monoisotopic (exact) mass is 374 g/mol. The average molecular weight is 375 g/mol. The van der Waals surface area contributed by atoms with E-state index in [0.717, 1.165) is 69.4 Å². The fourth-order valence-corrected chi connectivity index (χ4v) is 3.45. The van der Waals surface area contributed by atoms with Crippen molar-refractivity contribution < 1.29 is 0 Å². The zero-order valence-electron chi connectivity index (χ0n) is 15.3. The topological polar surface area (TPSA) is 24.7 Å². The lowest BCUT2D eigenvalue weighted by Crippen LogP contribution is -1.90. The van der Waals surface area contributed by atoms with Gasteiger partial charge in [0.15, 0.2) is 0 Å². The third kappa shape index (κ3) is 4.73. The molecule has 4 heteroatoms. The Labute approximate surface area is 160 Å². The van der Waals surface area contributed by atoms with E-state index >= 15 is 0 Å². The summed E-state index contributed by atoms with van der Waals surface area (Å²) >= 11 is 12.4. The number of benzene rings is 2.